The van der Waals surface area contributed by atoms with E-state index in [1.165, 1.54) is 4.88 Å². The molecule has 1 aromatic heterocycles. The molecule has 20 heavy (non-hydrogen) atoms. The minimum absolute atomic E-state index is 0.170. The highest BCUT2D eigenvalue weighted by Gasteiger charge is 2.14. The Morgan fingerprint density at radius 2 is 2.10 bits per heavy atom. The van der Waals surface area contributed by atoms with Gasteiger partial charge in [0.05, 0.1) is 10.9 Å². The van der Waals surface area contributed by atoms with E-state index in [0.717, 1.165) is 12.1 Å². The normalized spacial score (nSPS) is 13.2. The Labute approximate surface area is 123 Å². The lowest BCUT2D eigenvalue weighted by Crippen LogP contribution is -2.15. The van der Waals surface area contributed by atoms with Gasteiger partial charge in [-0.1, -0.05) is 19.1 Å². The Kier molecular flexibility index (Phi) is 4.47. The van der Waals surface area contributed by atoms with Gasteiger partial charge in [-0.05, 0) is 42.5 Å². The molecule has 1 atom stereocenters. The summed E-state index contributed by atoms with van der Waals surface area (Å²) in [6.45, 7) is 3.83. The van der Waals surface area contributed by atoms with Crippen LogP contribution in [0.3, 0.4) is 0 Å². The van der Waals surface area contributed by atoms with Crippen LogP contribution in [-0.2, 0) is 10.0 Å². The first-order chi connectivity index (χ1) is 9.41. The van der Waals surface area contributed by atoms with E-state index in [0.29, 0.717) is 5.56 Å². The van der Waals surface area contributed by atoms with Crippen LogP contribution in [0, 0.1) is 6.92 Å². The lowest BCUT2D eigenvalue weighted by Gasteiger charge is -2.18. The van der Waals surface area contributed by atoms with Crippen molar-refractivity contribution in [1.29, 1.82) is 0 Å². The lowest BCUT2D eigenvalue weighted by atomic mass is 10.1. The molecule has 0 aliphatic carbocycles. The molecule has 0 bridgehead atoms. The minimum Gasteiger partial charge on any atom is -0.377 e. The summed E-state index contributed by atoms with van der Waals surface area (Å²) >= 11 is 1.68. The van der Waals surface area contributed by atoms with Crippen LogP contribution in [0.25, 0.3) is 0 Å². The van der Waals surface area contributed by atoms with E-state index in [4.69, 9.17) is 5.14 Å². The smallest absolute Gasteiger partial charge is 0.238 e. The lowest BCUT2D eigenvalue weighted by molar-refractivity contribution is 0.597. The van der Waals surface area contributed by atoms with E-state index >= 15 is 0 Å². The summed E-state index contributed by atoms with van der Waals surface area (Å²) in [5.74, 6) is 0. The number of primary sulfonamides is 1. The number of benzene rings is 1. The molecule has 1 aromatic carbocycles. The van der Waals surface area contributed by atoms with E-state index in [2.05, 4.69) is 18.3 Å². The second-order valence-electron chi connectivity index (χ2n) is 4.65. The molecule has 0 saturated carbocycles. The van der Waals surface area contributed by atoms with Crippen LogP contribution in [0.4, 0.5) is 5.69 Å². The fraction of sp³-hybridized carbons (Fsp3) is 0.286. The summed E-state index contributed by atoms with van der Waals surface area (Å²) in [5, 5.41) is 10.6. The molecule has 0 aliphatic heterocycles. The molecule has 0 fully saturated rings. The first-order valence-electron chi connectivity index (χ1n) is 6.35. The van der Waals surface area contributed by atoms with Gasteiger partial charge >= 0.3 is 0 Å². The fourth-order valence-corrected chi connectivity index (χ4v) is 3.73. The van der Waals surface area contributed by atoms with Crippen molar-refractivity contribution in [2.24, 2.45) is 5.14 Å². The molecule has 0 saturated heterocycles. The van der Waals surface area contributed by atoms with Crippen molar-refractivity contribution < 1.29 is 8.42 Å². The maximum Gasteiger partial charge on any atom is 0.238 e. The largest absolute Gasteiger partial charge is 0.377 e. The molecular formula is C14H18N2O2S2. The van der Waals surface area contributed by atoms with Gasteiger partial charge in [-0.15, -0.1) is 11.3 Å². The van der Waals surface area contributed by atoms with Crippen LogP contribution in [-0.4, -0.2) is 8.42 Å². The molecule has 1 heterocycles. The molecular weight excluding hydrogens is 292 g/mol. The summed E-state index contributed by atoms with van der Waals surface area (Å²) < 4.78 is 23.1. The molecule has 3 N–H and O–H groups in total. The quantitative estimate of drug-likeness (QED) is 0.890. The van der Waals surface area contributed by atoms with Crippen molar-refractivity contribution in [1.82, 2.24) is 0 Å². The van der Waals surface area contributed by atoms with E-state index < -0.39 is 10.0 Å². The maximum atomic E-state index is 11.5. The van der Waals surface area contributed by atoms with Crippen molar-refractivity contribution in [3.8, 4) is 0 Å². The van der Waals surface area contributed by atoms with Crippen LogP contribution in [0.2, 0.25) is 0 Å². The number of hydrogen-bond donors (Lipinski definition) is 2. The molecule has 0 spiro atoms. The highest BCUT2D eigenvalue weighted by molar-refractivity contribution is 7.89. The summed E-state index contributed by atoms with van der Waals surface area (Å²) in [6.07, 6.45) is 0.916. The Hall–Kier alpha value is -1.37. The van der Waals surface area contributed by atoms with Gasteiger partial charge in [0.2, 0.25) is 10.0 Å². The van der Waals surface area contributed by atoms with Gasteiger partial charge in [-0.3, -0.25) is 0 Å². The number of anilines is 1. The van der Waals surface area contributed by atoms with Gasteiger partial charge < -0.3 is 5.32 Å². The van der Waals surface area contributed by atoms with Crippen LogP contribution in [0.1, 0.15) is 29.8 Å². The number of nitrogens with two attached hydrogens (primary N) is 1. The third-order valence-corrected chi connectivity index (χ3v) is 5.17. The van der Waals surface area contributed by atoms with Crippen molar-refractivity contribution in [3.05, 3.63) is 46.2 Å². The predicted molar refractivity (Wildman–Crippen MR) is 83.5 cm³/mol. The molecule has 2 rings (SSSR count). The third-order valence-electron chi connectivity index (χ3n) is 3.13. The Bertz CT molecular complexity index is 679. The summed E-state index contributed by atoms with van der Waals surface area (Å²) in [7, 11) is -3.69. The first-order valence-corrected chi connectivity index (χ1v) is 8.78. The van der Waals surface area contributed by atoms with E-state index in [-0.39, 0.29) is 10.9 Å². The highest BCUT2D eigenvalue weighted by atomic mass is 32.2. The van der Waals surface area contributed by atoms with Gasteiger partial charge in [0.25, 0.3) is 0 Å². The summed E-state index contributed by atoms with van der Waals surface area (Å²) in [5.41, 5.74) is 1.42. The number of rotatable bonds is 5. The molecule has 1 unspecified atom stereocenters. The van der Waals surface area contributed by atoms with Crippen molar-refractivity contribution in [2.75, 3.05) is 5.32 Å². The molecule has 4 nitrogen and oxygen atoms in total. The van der Waals surface area contributed by atoms with Gasteiger partial charge in [0, 0.05) is 10.6 Å². The zero-order chi connectivity index (χ0) is 14.8. The Balaban J connectivity index is 2.30. The topological polar surface area (TPSA) is 72.2 Å². The van der Waals surface area contributed by atoms with E-state index in [9.17, 15) is 8.42 Å². The first kappa shape index (κ1) is 15.0. The molecule has 0 radical (unpaired) electrons. The number of sulfonamides is 1. The van der Waals surface area contributed by atoms with Gasteiger partial charge in [-0.2, -0.15) is 0 Å². The molecule has 0 aliphatic rings. The number of aryl methyl sites for hydroxylation is 1. The van der Waals surface area contributed by atoms with Crippen molar-refractivity contribution in [2.45, 2.75) is 31.2 Å². The number of hydrogen-bond acceptors (Lipinski definition) is 4. The zero-order valence-corrected chi connectivity index (χ0v) is 13.1. The monoisotopic (exact) mass is 310 g/mol. The van der Waals surface area contributed by atoms with Crippen LogP contribution in [0.5, 0.6) is 0 Å². The predicted octanol–water partition coefficient (Wildman–Crippen LogP) is 3.27. The highest BCUT2D eigenvalue weighted by Crippen LogP contribution is 2.27. The van der Waals surface area contributed by atoms with Gasteiger partial charge in [0.1, 0.15) is 0 Å². The maximum absolute atomic E-state index is 11.5. The Morgan fingerprint density at radius 3 is 2.65 bits per heavy atom. The standard InChI is InChI=1S/C14H18N2O2S2/c1-3-12(13-5-4-8-19-13)16-11-7-6-10(2)14(9-11)20(15,17)18/h4-9,12,16H,3H2,1-2H3,(H2,15,17,18). The summed E-state index contributed by atoms with van der Waals surface area (Å²) in [6, 6.07) is 9.49. The fourth-order valence-electron chi connectivity index (χ4n) is 2.06. The average Bonchev–Trinajstić information content (AvgIpc) is 2.90. The molecule has 2 aromatic rings. The van der Waals surface area contributed by atoms with Crippen LogP contribution < -0.4 is 10.5 Å². The minimum atomic E-state index is -3.69. The number of nitrogens with one attached hydrogen (secondary N) is 1. The SMILES string of the molecule is CCC(Nc1ccc(C)c(S(N)(=O)=O)c1)c1cccs1. The van der Waals surface area contributed by atoms with Crippen molar-refractivity contribution >= 4 is 27.0 Å². The Morgan fingerprint density at radius 1 is 1.35 bits per heavy atom. The van der Waals surface area contributed by atoms with Crippen molar-refractivity contribution in [3.63, 3.8) is 0 Å². The third kappa shape index (κ3) is 3.39. The second kappa shape index (κ2) is 5.95. The zero-order valence-electron chi connectivity index (χ0n) is 11.5. The molecule has 0 amide bonds. The molecule has 6 heteroatoms. The van der Waals surface area contributed by atoms with E-state index in [1.807, 2.05) is 17.5 Å². The average molecular weight is 310 g/mol. The number of thiophene rings is 1. The summed E-state index contributed by atoms with van der Waals surface area (Å²) in [4.78, 5) is 1.40. The van der Waals surface area contributed by atoms with Gasteiger partial charge in [0.15, 0.2) is 0 Å². The van der Waals surface area contributed by atoms with Crippen LogP contribution in [0.15, 0.2) is 40.6 Å². The van der Waals surface area contributed by atoms with Gasteiger partial charge in [-0.25, -0.2) is 13.6 Å². The van der Waals surface area contributed by atoms with Crippen LogP contribution >= 0.6 is 11.3 Å². The molecule has 108 valence electrons. The second-order valence-corrected chi connectivity index (χ2v) is 7.15. The van der Waals surface area contributed by atoms with E-state index in [1.54, 1.807) is 30.4 Å².